The van der Waals surface area contributed by atoms with Crippen LogP contribution in [0.3, 0.4) is 0 Å². The van der Waals surface area contributed by atoms with E-state index in [2.05, 4.69) is 23.6 Å². The van der Waals surface area contributed by atoms with Gasteiger partial charge in [-0.25, -0.2) is 0 Å². The minimum atomic E-state index is -0.0637. The highest BCUT2D eigenvalue weighted by atomic mass is 16.3. The molecule has 1 heterocycles. The third-order valence-corrected chi connectivity index (χ3v) is 4.06. The van der Waals surface area contributed by atoms with E-state index in [0.717, 1.165) is 28.8 Å². The number of hydrogen-bond acceptors (Lipinski definition) is 3. The Bertz CT molecular complexity index is 805. The molecule has 0 aliphatic carbocycles. The molecule has 0 saturated heterocycles. The topological polar surface area (TPSA) is 54.3 Å². The zero-order valence-corrected chi connectivity index (χ0v) is 14.0. The predicted octanol–water partition coefficient (Wildman–Crippen LogP) is 4.28. The predicted molar refractivity (Wildman–Crippen MR) is 97.1 cm³/mol. The van der Waals surface area contributed by atoms with Crippen molar-refractivity contribution in [1.82, 2.24) is 5.32 Å². The number of fused-ring (bicyclic) bond motifs is 1. The van der Waals surface area contributed by atoms with Crippen LogP contribution >= 0.6 is 0 Å². The van der Waals surface area contributed by atoms with Gasteiger partial charge in [0.05, 0.1) is 12.6 Å². The zero-order chi connectivity index (χ0) is 16.9. The summed E-state index contributed by atoms with van der Waals surface area (Å²) in [7, 11) is 0. The van der Waals surface area contributed by atoms with Gasteiger partial charge in [-0.2, -0.15) is 0 Å². The van der Waals surface area contributed by atoms with E-state index in [9.17, 15) is 4.79 Å². The fraction of sp³-hybridized carbons (Fsp3) is 0.250. The van der Waals surface area contributed by atoms with Crippen molar-refractivity contribution in [1.29, 1.82) is 0 Å². The maximum atomic E-state index is 12.1. The minimum Gasteiger partial charge on any atom is -0.459 e. The average Bonchev–Trinajstić information content (AvgIpc) is 3.04. The van der Waals surface area contributed by atoms with Gasteiger partial charge >= 0.3 is 0 Å². The van der Waals surface area contributed by atoms with Crippen LogP contribution in [0.2, 0.25) is 0 Å². The second-order valence-corrected chi connectivity index (χ2v) is 5.89. The van der Waals surface area contributed by atoms with Crippen molar-refractivity contribution in [2.45, 2.75) is 26.3 Å². The van der Waals surface area contributed by atoms with Crippen LogP contribution < -0.4 is 10.6 Å². The molecule has 2 aromatic carbocycles. The Morgan fingerprint density at radius 1 is 1.12 bits per heavy atom. The summed E-state index contributed by atoms with van der Waals surface area (Å²) in [5, 5.41) is 7.19. The molecule has 0 aliphatic heterocycles. The van der Waals surface area contributed by atoms with Crippen LogP contribution in [0.15, 0.2) is 59.0 Å². The maximum absolute atomic E-state index is 12.1. The molecule has 4 nitrogen and oxygen atoms in total. The van der Waals surface area contributed by atoms with E-state index in [1.165, 1.54) is 5.56 Å². The van der Waals surface area contributed by atoms with E-state index >= 15 is 0 Å². The van der Waals surface area contributed by atoms with Crippen molar-refractivity contribution in [2.24, 2.45) is 0 Å². The molecular weight excluding hydrogens is 300 g/mol. The lowest BCUT2D eigenvalue weighted by molar-refractivity contribution is -0.115. The second kappa shape index (κ2) is 7.32. The number of para-hydroxylation sites is 1. The highest BCUT2D eigenvalue weighted by molar-refractivity contribution is 5.92. The van der Waals surface area contributed by atoms with Crippen molar-refractivity contribution in [3.05, 3.63) is 65.9 Å². The van der Waals surface area contributed by atoms with Crippen molar-refractivity contribution >= 4 is 22.6 Å². The third-order valence-electron chi connectivity index (χ3n) is 4.06. The van der Waals surface area contributed by atoms with Crippen LogP contribution in [-0.2, 0) is 11.2 Å². The Morgan fingerprint density at radius 3 is 2.75 bits per heavy atom. The maximum Gasteiger partial charge on any atom is 0.238 e. The summed E-state index contributed by atoms with van der Waals surface area (Å²) in [5.41, 5.74) is 2.90. The van der Waals surface area contributed by atoms with Gasteiger partial charge in [0.1, 0.15) is 11.3 Å². The Hall–Kier alpha value is -2.59. The van der Waals surface area contributed by atoms with Gasteiger partial charge in [-0.15, -0.1) is 0 Å². The monoisotopic (exact) mass is 322 g/mol. The summed E-state index contributed by atoms with van der Waals surface area (Å²) in [6.07, 6.45) is 0.949. The summed E-state index contributed by atoms with van der Waals surface area (Å²) >= 11 is 0. The van der Waals surface area contributed by atoms with Crippen LogP contribution in [0.25, 0.3) is 11.0 Å². The molecule has 2 N–H and O–H groups in total. The lowest BCUT2D eigenvalue weighted by Gasteiger charge is -2.12. The Balaban J connectivity index is 1.57. The van der Waals surface area contributed by atoms with Crippen LogP contribution in [0.4, 0.5) is 5.69 Å². The number of hydrogen-bond donors (Lipinski definition) is 2. The number of rotatable bonds is 6. The molecule has 1 aromatic heterocycles. The minimum absolute atomic E-state index is 0.0369. The number of aryl methyl sites for hydroxylation is 1. The Kier molecular flexibility index (Phi) is 4.96. The van der Waals surface area contributed by atoms with E-state index in [4.69, 9.17) is 4.42 Å². The van der Waals surface area contributed by atoms with Gasteiger partial charge in [0.25, 0.3) is 0 Å². The third kappa shape index (κ3) is 3.84. The molecule has 1 atom stereocenters. The van der Waals surface area contributed by atoms with Gasteiger partial charge in [0.2, 0.25) is 5.91 Å². The average molecular weight is 322 g/mol. The second-order valence-electron chi connectivity index (χ2n) is 5.89. The zero-order valence-electron chi connectivity index (χ0n) is 14.0. The van der Waals surface area contributed by atoms with E-state index < -0.39 is 0 Å². The first kappa shape index (κ1) is 16.3. The standard InChI is InChI=1S/C20H22N2O2/c1-3-15-7-6-9-17(11-15)22-20(23)13-21-14(2)19-12-16-8-4-5-10-18(16)24-19/h4-12,14,21H,3,13H2,1-2H3,(H,22,23). The number of carbonyl (C=O) groups excluding carboxylic acids is 1. The van der Waals surface area contributed by atoms with Crippen molar-refractivity contribution in [3.8, 4) is 0 Å². The molecule has 0 bridgehead atoms. The molecule has 124 valence electrons. The first-order valence-corrected chi connectivity index (χ1v) is 8.26. The molecule has 24 heavy (non-hydrogen) atoms. The fourth-order valence-corrected chi connectivity index (χ4v) is 2.64. The summed E-state index contributed by atoms with van der Waals surface area (Å²) in [6, 6.07) is 17.8. The molecule has 0 radical (unpaired) electrons. The van der Waals surface area contributed by atoms with Gasteiger partial charge in [0, 0.05) is 11.1 Å². The van der Waals surface area contributed by atoms with Gasteiger partial charge in [0.15, 0.2) is 0 Å². The lowest BCUT2D eigenvalue weighted by atomic mass is 10.1. The summed E-state index contributed by atoms with van der Waals surface area (Å²) in [5.74, 6) is 0.767. The molecule has 3 aromatic rings. The van der Waals surface area contributed by atoms with Gasteiger partial charge in [-0.1, -0.05) is 37.3 Å². The number of nitrogens with one attached hydrogen (secondary N) is 2. The molecule has 0 aliphatic rings. The van der Waals surface area contributed by atoms with Crippen LogP contribution in [0, 0.1) is 0 Å². The van der Waals surface area contributed by atoms with E-state index in [0.29, 0.717) is 0 Å². The highest BCUT2D eigenvalue weighted by Crippen LogP contribution is 2.23. The van der Waals surface area contributed by atoms with E-state index in [1.54, 1.807) is 0 Å². The Labute approximate surface area is 141 Å². The van der Waals surface area contributed by atoms with Crippen LogP contribution in [0.1, 0.15) is 31.2 Å². The van der Waals surface area contributed by atoms with Gasteiger partial charge < -0.3 is 9.73 Å². The molecular formula is C20H22N2O2. The number of benzene rings is 2. The van der Waals surface area contributed by atoms with E-state index in [1.807, 2.05) is 55.5 Å². The highest BCUT2D eigenvalue weighted by Gasteiger charge is 2.12. The van der Waals surface area contributed by atoms with Crippen molar-refractivity contribution < 1.29 is 9.21 Å². The molecule has 3 rings (SSSR count). The molecule has 0 saturated carbocycles. The van der Waals surface area contributed by atoms with Gasteiger partial charge in [-0.3, -0.25) is 10.1 Å². The molecule has 4 heteroatoms. The number of amides is 1. The number of carbonyl (C=O) groups is 1. The molecule has 0 fully saturated rings. The first-order valence-electron chi connectivity index (χ1n) is 8.26. The molecule has 0 spiro atoms. The largest absolute Gasteiger partial charge is 0.459 e. The van der Waals surface area contributed by atoms with Crippen LogP contribution in [-0.4, -0.2) is 12.5 Å². The quantitative estimate of drug-likeness (QED) is 0.712. The summed E-state index contributed by atoms with van der Waals surface area (Å²) in [6.45, 7) is 4.31. The molecule has 1 unspecified atom stereocenters. The smallest absolute Gasteiger partial charge is 0.238 e. The van der Waals surface area contributed by atoms with Crippen molar-refractivity contribution in [2.75, 3.05) is 11.9 Å². The Morgan fingerprint density at radius 2 is 1.96 bits per heavy atom. The number of anilines is 1. The lowest BCUT2D eigenvalue weighted by Crippen LogP contribution is -2.30. The fourth-order valence-electron chi connectivity index (χ4n) is 2.64. The van der Waals surface area contributed by atoms with Gasteiger partial charge in [-0.05, 0) is 43.2 Å². The summed E-state index contributed by atoms with van der Waals surface area (Å²) < 4.78 is 5.82. The SMILES string of the molecule is CCc1cccc(NC(=O)CNC(C)c2cc3ccccc3o2)c1. The van der Waals surface area contributed by atoms with E-state index in [-0.39, 0.29) is 18.5 Å². The van der Waals surface area contributed by atoms with Crippen LogP contribution in [0.5, 0.6) is 0 Å². The van der Waals surface area contributed by atoms with Crippen molar-refractivity contribution in [3.63, 3.8) is 0 Å². The summed E-state index contributed by atoms with van der Waals surface area (Å²) in [4.78, 5) is 12.1. The first-order chi connectivity index (χ1) is 11.7. The number of furan rings is 1. The normalized spacial score (nSPS) is 12.2. The molecule has 1 amide bonds.